The van der Waals surface area contributed by atoms with Crippen molar-refractivity contribution in [2.45, 2.75) is 22.3 Å². The van der Waals surface area contributed by atoms with Gasteiger partial charge < -0.3 is 9.64 Å². The van der Waals surface area contributed by atoms with Crippen LogP contribution in [0.3, 0.4) is 0 Å². The lowest BCUT2D eigenvalue weighted by Crippen LogP contribution is -2.45. The zero-order chi connectivity index (χ0) is 17.9. The highest BCUT2D eigenvalue weighted by Gasteiger charge is 2.24. The minimum absolute atomic E-state index is 0.0623. The number of hydrogen-bond donors (Lipinski definition) is 0. The van der Waals surface area contributed by atoms with Crippen molar-refractivity contribution in [1.82, 2.24) is 9.80 Å². The van der Waals surface area contributed by atoms with Crippen LogP contribution in [0.15, 0.2) is 52.3 Å². The van der Waals surface area contributed by atoms with Crippen molar-refractivity contribution in [3.63, 3.8) is 0 Å². The van der Waals surface area contributed by atoms with Crippen LogP contribution in [-0.2, 0) is 11.2 Å². The van der Waals surface area contributed by atoms with E-state index in [1.165, 1.54) is 20.9 Å². The SMILES string of the molecule is CN1CCN(CCO[C@H]2Cc3ccccc3Sc3ccc(Cl)cc32)CC1. The van der Waals surface area contributed by atoms with Gasteiger partial charge in [0.15, 0.2) is 0 Å². The summed E-state index contributed by atoms with van der Waals surface area (Å²) >= 11 is 8.12. The van der Waals surface area contributed by atoms with Crippen LogP contribution in [0, 0.1) is 0 Å². The standard InChI is InChI=1S/C21H25ClN2OS/c1-23-8-10-24(11-9-23)12-13-25-19-14-16-4-2-3-5-20(16)26-21-7-6-17(22)15-18(19)21/h2-7,15,19H,8-14H2,1H3/t19-/m0/s1. The van der Waals surface area contributed by atoms with Gasteiger partial charge in [-0.3, -0.25) is 4.90 Å². The molecule has 0 amide bonds. The largest absolute Gasteiger partial charge is 0.372 e. The first-order valence-corrected chi connectivity index (χ1v) is 10.5. The molecule has 0 saturated carbocycles. The second-order valence-corrected chi connectivity index (χ2v) is 8.62. The fourth-order valence-corrected chi connectivity index (χ4v) is 4.90. The Labute approximate surface area is 165 Å². The summed E-state index contributed by atoms with van der Waals surface area (Å²) in [6.07, 6.45) is 0.964. The molecule has 2 aliphatic heterocycles. The number of hydrogen-bond acceptors (Lipinski definition) is 4. The van der Waals surface area contributed by atoms with Crippen LogP contribution in [0.2, 0.25) is 5.02 Å². The molecule has 0 N–H and O–H groups in total. The fourth-order valence-electron chi connectivity index (χ4n) is 3.61. The normalized spacial score (nSPS) is 21.1. The van der Waals surface area contributed by atoms with Crippen molar-refractivity contribution >= 4 is 23.4 Å². The topological polar surface area (TPSA) is 15.7 Å². The third kappa shape index (κ3) is 4.26. The highest BCUT2D eigenvalue weighted by molar-refractivity contribution is 7.99. The molecule has 26 heavy (non-hydrogen) atoms. The molecule has 138 valence electrons. The molecular formula is C21H25ClN2OS. The molecule has 1 fully saturated rings. The summed E-state index contributed by atoms with van der Waals surface area (Å²) in [5.41, 5.74) is 2.58. The minimum atomic E-state index is 0.0623. The van der Waals surface area contributed by atoms with Crippen LogP contribution in [-0.4, -0.2) is 56.2 Å². The molecule has 0 radical (unpaired) electrons. The summed E-state index contributed by atoms with van der Waals surface area (Å²) in [6.45, 7) is 6.30. The van der Waals surface area contributed by atoms with E-state index in [0.717, 1.165) is 50.8 Å². The molecule has 4 rings (SSSR count). The minimum Gasteiger partial charge on any atom is -0.372 e. The highest BCUT2D eigenvalue weighted by atomic mass is 35.5. The van der Waals surface area contributed by atoms with E-state index in [9.17, 15) is 0 Å². The van der Waals surface area contributed by atoms with Crippen molar-refractivity contribution in [1.29, 1.82) is 0 Å². The Bertz CT molecular complexity index is 761. The number of fused-ring (bicyclic) bond motifs is 2. The number of benzene rings is 2. The van der Waals surface area contributed by atoms with E-state index in [1.54, 1.807) is 0 Å². The van der Waals surface area contributed by atoms with E-state index in [-0.39, 0.29) is 6.10 Å². The van der Waals surface area contributed by atoms with Gasteiger partial charge in [-0.05, 0) is 42.4 Å². The smallest absolute Gasteiger partial charge is 0.0877 e. The average Bonchev–Trinajstić information content (AvgIpc) is 2.80. The van der Waals surface area contributed by atoms with E-state index >= 15 is 0 Å². The fraction of sp³-hybridized carbons (Fsp3) is 0.429. The van der Waals surface area contributed by atoms with E-state index in [1.807, 2.05) is 17.8 Å². The van der Waals surface area contributed by atoms with Gasteiger partial charge in [0.2, 0.25) is 0 Å². The van der Waals surface area contributed by atoms with Gasteiger partial charge in [-0.15, -0.1) is 0 Å². The lowest BCUT2D eigenvalue weighted by atomic mass is 10.0. The molecule has 0 aliphatic carbocycles. The number of ether oxygens (including phenoxy) is 1. The Morgan fingerprint density at radius 3 is 2.73 bits per heavy atom. The number of nitrogens with zero attached hydrogens (tertiary/aromatic N) is 2. The van der Waals surface area contributed by atoms with Gasteiger partial charge in [0.05, 0.1) is 12.7 Å². The molecule has 2 heterocycles. The summed E-state index contributed by atoms with van der Waals surface area (Å²) < 4.78 is 6.40. The van der Waals surface area contributed by atoms with E-state index in [2.05, 4.69) is 53.2 Å². The maximum atomic E-state index is 6.40. The Kier molecular flexibility index (Phi) is 5.87. The molecule has 0 unspecified atom stereocenters. The first-order chi connectivity index (χ1) is 12.7. The van der Waals surface area contributed by atoms with Crippen LogP contribution in [0.5, 0.6) is 0 Å². The lowest BCUT2D eigenvalue weighted by Gasteiger charge is -2.32. The maximum Gasteiger partial charge on any atom is 0.0877 e. The third-order valence-electron chi connectivity index (χ3n) is 5.24. The Morgan fingerprint density at radius 2 is 1.88 bits per heavy atom. The molecule has 0 aromatic heterocycles. The Balaban J connectivity index is 1.48. The molecule has 3 nitrogen and oxygen atoms in total. The molecule has 2 aliphatic rings. The summed E-state index contributed by atoms with van der Waals surface area (Å²) in [5.74, 6) is 0. The van der Waals surface area contributed by atoms with Gasteiger partial charge in [0.1, 0.15) is 0 Å². The van der Waals surface area contributed by atoms with Gasteiger partial charge in [-0.25, -0.2) is 0 Å². The van der Waals surface area contributed by atoms with Crippen LogP contribution in [0.4, 0.5) is 0 Å². The highest BCUT2D eigenvalue weighted by Crippen LogP contribution is 2.42. The van der Waals surface area contributed by atoms with Gasteiger partial charge in [0.25, 0.3) is 0 Å². The summed E-state index contributed by atoms with van der Waals surface area (Å²) in [6, 6.07) is 14.8. The summed E-state index contributed by atoms with van der Waals surface area (Å²) in [5, 5.41) is 0.781. The van der Waals surface area contributed by atoms with Crippen LogP contribution >= 0.6 is 23.4 Å². The molecule has 2 aromatic carbocycles. The molecule has 0 spiro atoms. The van der Waals surface area contributed by atoms with E-state index in [0.29, 0.717) is 0 Å². The predicted molar refractivity (Wildman–Crippen MR) is 108 cm³/mol. The molecule has 1 saturated heterocycles. The van der Waals surface area contributed by atoms with Crippen LogP contribution in [0.1, 0.15) is 17.2 Å². The van der Waals surface area contributed by atoms with Gasteiger partial charge >= 0.3 is 0 Å². The van der Waals surface area contributed by atoms with Crippen LogP contribution < -0.4 is 0 Å². The third-order valence-corrected chi connectivity index (χ3v) is 6.68. The molecular weight excluding hydrogens is 364 g/mol. The van der Waals surface area contributed by atoms with Crippen molar-refractivity contribution < 1.29 is 4.74 Å². The molecule has 0 bridgehead atoms. The zero-order valence-electron chi connectivity index (χ0n) is 15.2. The predicted octanol–water partition coefficient (Wildman–Crippen LogP) is 4.35. The Hall–Kier alpha value is -1.04. The van der Waals surface area contributed by atoms with Gasteiger partial charge in [0, 0.05) is 54.0 Å². The molecule has 1 atom stereocenters. The van der Waals surface area contributed by atoms with Crippen molar-refractivity contribution in [3.8, 4) is 0 Å². The van der Waals surface area contributed by atoms with Crippen LogP contribution in [0.25, 0.3) is 0 Å². The summed E-state index contributed by atoms with van der Waals surface area (Å²) in [7, 11) is 2.19. The number of piperazine rings is 1. The van der Waals surface area contributed by atoms with Gasteiger partial charge in [-0.2, -0.15) is 0 Å². The maximum absolute atomic E-state index is 6.40. The first kappa shape index (κ1) is 18.3. The molecule has 5 heteroatoms. The zero-order valence-corrected chi connectivity index (χ0v) is 16.7. The van der Waals surface area contributed by atoms with Crippen molar-refractivity contribution in [3.05, 3.63) is 58.6 Å². The van der Waals surface area contributed by atoms with E-state index in [4.69, 9.17) is 16.3 Å². The first-order valence-electron chi connectivity index (χ1n) is 9.27. The molecule has 2 aromatic rings. The number of likely N-dealkylation sites (N-methyl/N-ethyl adjacent to an activating group) is 1. The summed E-state index contributed by atoms with van der Waals surface area (Å²) in [4.78, 5) is 7.46. The second kappa shape index (κ2) is 8.32. The average molecular weight is 389 g/mol. The quantitative estimate of drug-likeness (QED) is 0.773. The van der Waals surface area contributed by atoms with Crippen molar-refractivity contribution in [2.24, 2.45) is 0 Å². The lowest BCUT2D eigenvalue weighted by molar-refractivity contribution is 0.0274. The van der Waals surface area contributed by atoms with Crippen molar-refractivity contribution in [2.75, 3.05) is 46.4 Å². The van der Waals surface area contributed by atoms with Gasteiger partial charge in [-0.1, -0.05) is 41.6 Å². The second-order valence-electron chi connectivity index (χ2n) is 7.10. The van der Waals surface area contributed by atoms with E-state index < -0.39 is 0 Å². The Morgan fingerprint density at radius 1 is 1.08 bits per heavy atom. The number of halogens is 1. The monoisotopic (exact) mass is 388 g/mol. The number of rotatable bonds is 4.